The first-order valence-electron chi connectivity index (χ1n) is 5.60. The van der Waals surface area contributed by atoms with Crippen LogP contribution in [0, 0.1) is 0 Å². The minimum atomic E-state index is -2.28. The van der Waals surface area contributed by atoms with Crippen molar-refractivity contribution in [3.8, 4) is 5.75 Å². The van der Waals surface area contributed by atoms with Crippen LogP contribution in [-0.2, 0) is 9.53 Å². The van der Waals surface area contributed by atoms with E-state index < -0.39 is 20.2 Å². The Kier molecular flexibility index (Phi) is 5.75. The van der Waals surface area contributed by atoms with Crippen LogP contribution in [0.3, 0.4) is 0 Å². The maximum atomic E-state index is 11.6. The molecule has 0 bridgehead atoms. The van der Waals surface area contributed by atoms with E-state index in [1.807, 2.05) is 6.07 Å². The Bertz CT molecular complexity index is 419. The average molecular weight is 269 g/mol. The first kappa shape index (κ1) is 14.6. The third-order valence-corrected chi connectivity index (χ3v) is 2.79. The van der Waals surface area contributed by atoms with Gasteiger partial charge in [0.1, 0.15) is 0 Å². The first-order chi connectivity index (χ1) is 8.49. The van der Waals surface area contributed by atoms with Crippen LogP contribution in [0.1, 0.15) is 20.8 Å². The van der Waals surface area contributed by atoms with Gasteiger partial charge in [0.25, 0.3) is 0 Å². The molecule has 0 spiro atoms. The van der Waals surface area contributed by atoms with Crippen LogP contribution in [-0.4, -0.2) is 18.1 Å². The molecule has 0 N–H and O–H groups in total. The van der Waals surface area contributed by atoms with Crippen molar-refractivity contribution in [2.45, 2.75) is 32.9 Å². The number of carbonyl (C=O) groups is 1. The van der Waals surface area contributed by atoms with Crippen molar-refractivity contribution in [1.82, 2.24) is 0 Å². The molecule has 1 aromatic rings. The zero-order valence-electron chi connectivity index (χ0n) is 10.6. The zero-order valence-corrected chi connectivity index (χ0v) is 11.5. The molecule has 18 heavy (non-hydrogen) atoms. The summed E-state index contributed by atoms with van der Waals surface area (Å²) in [6.45, 7) is 5.00. The lowest BCUT2D eigenvalue weighted by atomic mass is 10.3. The van der Waals surface area contributed by atoms with Gasteiger partial charge in [0.15, 0.2) is 11.8 Å². The molecule has 0 saturated heterocycles. The SMILES string of the molecule is CC(C)OC(=O)[C@H](C)N=[P+]([O-])Oc1ccccc1. The van der Waals surface area contributed by atoms with Crippen molar-refractivity contribution in [2.24, 2.45) is 4.74 Å². The number of ether oxygens (including phenoxy) is 1. The Morgan fingerprint density at radius 1 is 1.28 bits per heavy atom. The number of nitrogens with zero attached hydrogens (tertiary/aromatic N) is 1. The zero-order chi connectivity index (χ0) is 13.5. The maximum absolute atomic E-state index is 11.6. The Labute approximate surface area is 107 Å². The summed E-state index contributed by atoms with van der Waals surface area (Å²) in [4.78, 5) is 23.0. The van der Waals surface area contributed by atoms with Crippen molar-refractivity contribution >= 4 is 14.1 Å². The van der Waals surface area contributed by atoms with Gasteiger partial charge in [-0.25, -0.2) is 4.79 Å². The van der Waals surface area contributed by atoms with Gasteiger partial charge >= 0.3 is 14.1 Å². The van der Waals surface area contributed by atoms with Gasteiger partial charge in [0, 0.05) is 0 Å². The van der Waals surface area contributed by atoms with Gasteiger partial charge in [-0.05, 0) is 32.9 Å². The van der Waals surface area contributed by atoms with Crippen LogP contribution in [0.15, 0.2) is 35.1 Å². The van der Waals surface area contributed by atoms with Crippen molar-refractivity contribution in [2.75, 3.05) is 0 Å². The monoisotopic (exact) mass is 269 g/mol. The third kappa shape index (κ3) is 5.25. The molecule has 0 heterocycles. The lowest BCUT2D eigenvalue weighted by Crippen LogP contribution is -2.21. The van der Waals surface area contributed by atoms with Crippen LogP contribution < -0.4 is 9.42 Å². The molecule has 2 atom stereocenters. The van der Waals surface area contributed by atoms with E-state index in [4.69, 9.17) is 9.26 Å². The molecule has 1 unspecified atom stereocenters. The second-order valence-electron chi connectivity index (χ2n) is 3.92. The number of carbonyl (C=O) groups excluding carboxylic acids is 1. The van der Waals surface area contributed by atoms with E-state index in [9.17, 15) is 9.69 Å². The Morgan fingerprint density at radius 3 is 2.44 bits per heavy atom. The number of hydrogen-bond acceptors (Lipinski definition) is 5. The van der Waals surface area contributed by atoms with Crippen LogP contribution in [0.25, 0.3) is 0 Å². The number of esters is 1. The summed E-state index contributed by atoms with van der Waals surface area (Å²) < 4.78 is 13.8. The Morgan fingerprint density at radius 2 is 1.89 bits per heavy atom. The fourth-order valence-corrected chi connectivity index (χ4v) is 1.84. The first-order valence-corrected chi connectivity index (χ1v) is 6.73. The molecule has 0 fully saturated rings. The van der Waals surface area contributed by atoms with Crippen molar-refractivity contribution in [3.05, 3.63) is 30.3 Å². The van der Waals surface area contributed by atoms with Gasteiger partial charge in [0.05, 0.1) is 6.10 Å². The fourth-order valence-electron chi connectivity index (χ4n) is 1.11. The van der Waals surface area contributed by atoms with E-state index >= 15 is 0 Å². The van der Waals surface area contributed by atoms with E-state index in [0.29, 0.717) is 5.75 Å². The van der Waals surface area contributed by atoms with E-state index in [1.165, 1.54) is 6.92 Å². The van der Waals surface area contributed by atoms with Crippen molar-refractivity contribution in [1.29, 1.82) is 0 Å². The highest BCUT2D eigenvalue weighted by atomic mass is 31.1. The van der Waals surface area contributed by atoms with Crippen LogP contribution in [0.2, 0.25) is 0 Å². The van der Waals surface area contributed by atoms with Gasteiger partial charge in [-0.1, -0.05) is 22.9 Å². The smallest absolute Gasteiger partial charge is 0.395 e. The summed E-state index contributed by atoms with van der Waals surface area (Å²) in [5, 5.41) is 0. The molecular weight excluding hydrogens is 253 g/mol. The molecule has 0 radical (unpaired) electrons. The summed E-state index contributed by atoms with van der Waals surface area (Å²) in [6.07, 6.45) is -0.219. The van der Waals surface area contributed by atoms with Crippen molar-refractivity contribution in [3.63, 3.8) is 0 Å². The summed E-state index contributed by atoms with van der Waals surface area (Å²) >= 11 is 0. The molecule has 1 rings (SSSR count). The van der Waals surface area contributed by atoms with Gasteiger partial charge in [0.2, 0.25) is 0 Å². The lowest BCUT2D eigenvalue weighted by Gasteiger charge is -2.08. The molecule has 0 aliphatic carbocycles. The van der Waals surface area contributed by atoms with Gasteiger partial charge in [-0.3, -0.25) is 4.52 Å². The quantitative estimate of drug-likeness (QED) is 0.607. The highest BCUT2D eigenvalue weighted by molar-refractivity contribution is 7.34. The van der Waals surface area contributed by atoms with Crippen LogP contribution in [0.5, 0.6) is 5.75 Å². The van der Waals surface area contributed by atoms with Crippen LogP contribution >= 0.6 is 8.17 Å². The lowest BCUT2D eigenvalue weighted by molar-refractivity contribution is -0.170. The fraction of sp³-hybridized carbons (Fsp3) is 0.417. The summed E-state index contributed by atoms with van der Waals surface area (Å²) in [6, 6.07) is 7.86. The van der Waals surface area contributed by atoms with E-state index in [2.05, 4.69) is 4.74 Å². The summed E-state index contributed by atoms with van der Waals surface area (Å²) in [7, 11) is -2.28. The highest BCUT2D eigenvalue weighted by Gasteiger charge is 2.19. The second kappa shape index (κ2) is 7.09. The standard InChI is InChI=1S/C12H16NO4P/c1-9(2)16-12(14)10(3)13-18(15)17-11-7-5-4-6-8-11/h4-10H,1-3H3/t10-/m0/s1. The Hall–Kier alpha value is -1.45. The highest BCUT2D eigenvalue weighted by Crippen LogP contribution is 2.23. The molecular formula is C12H16NO4P. The molecule has 0 saturated carbocycles. The van der Waals surface area contributed by atoms with E-state index in [-0.39, 0.29) is 6.10 Å². The number of hydrogen-bond donors (Lipinski definition) is 0. The molecule has 5 nitrogen and oxygen atoms in total. The van der Waals surface area contributed by atoms with E-state index in [1.54, 1.807) is 38.1 Å². The number of rotatable bonds is 5. The molecule has 98 valence electrons. The van der Waals surface area contributed by atoms with Crippen molar-refractivity contribution < 1.29 is 18.9 Å². The predicted octanol–water partition coefficient (Wildman–Crippen LogP) is 2.26. The molecule has 0 aliphatic rings. The third-order valence-electron chi connectivity index (χ3n) is 1.89. The Balaban J connectivity index is 2.57. The summed E-state index contributed by atoms with van der Waals surface area (Å²) in [5.41, 5.74) is 0. The molecule has 1 aromatic carbocycles. The summed E-state index contributed by atoms with van der Waals surface area (Å²) in [5.74, 6) is -0.0585. The minimum absolute atomic E-state index is 0.219. The average Bonchev–Trinajstić information content (AvgIpc) is 2.29. The number of para-hydroxylation sites is 1. The molecule has 0 aromatic heterocycles. The van der Waals surface area contributed by atoms with Gasteiger partial charge in [-0.2, -0.15) is 0 Å². The van der Waals surface area contributed by atoms with Gasteiger partial charge in [-0.15, -0.1) is 0 Å². The minimum Gasteiger partial charge on any atom is -0.575 e. The topological polar surface area (TPSA) is 71.0 Å². The maximum Gasteiger partial charge on any atom is 0.395 e. The van der Waals surface area contributed by atoms with E-state index in [0.717, 1.165) is 0 Å². The number of benzene rings is 1. The normalized spacial score (nSPS) is 13.3. The van der Waals surface area contributed by atoms with Gasteiger partial charge < -0.3 is 9.63 Å². The van der Waals surface area contributed by atoms with Crippen LogP contribution in [0.4, 0.5) is 0 Å². The largest absolute Gasteiger partial charge is 0.575 e. The predicted molar refractivity (Wildman–Crippen MR) is 67.1 cm³/mol. The second-order valence-corrected chi connectivity index (χ2v) is 4.81. The molecule has 0 aliphatic heterocycles. The molecule has 0 amide bonds. The molecule has 6 heteroatoms.